The molecule has 0 bridgehead atoms. The van der Waals surface area contributed by atoms with Crippen LogP contribution in [0.15, 0.2) is 0 Å². The summed E-state index contributed by atoms with van der Waals surface area (Å²) in [5.74, 6) is 0. The molecule has 0 radical (unpaired) electrons. The first-order valence-electron chi connectivity index (χ1n) is 1.12. The van der Waals surface area contributed by atoms with Crippen LogP contribution in [0.25, 0.3) is 0 Å². The molecule has 0 aliphatic heterocycles. The highest BCUT2D eigenvalue weighted by atomic mass is 35.5. The summed E-state index contributed by atoms with van der Waals surface area (Å²) in [6.45, 7) is 0. The zero-order valence-electron chi connectivity index (χ0n) is 2.89. The minimum Gasteiger partial charge on any atom is -0.228 e. The second-order valence-electron chi connectivity index (χ2n) is 0.772. The standard InChI is InChI=1S/CH4ClNO2S/c2-1-6(3,4)5/h1H2,(H2,3,4,5). The van der Waals surface area contributed by atoms with E-state index in [4.69, 9.17) is 11.6 Å². The van der Waals surface area contributed by atoms with Gasteiger partial charge in [0.25, 0.3) is 0 Å². The molecule has 5 heteroatoms. The largest absolute Gasteiger partial charge is 0.228 e. The van der Waals surface area contributed by atoms with Crippen molar-refractivity contribution in [3.8, 4) is 0 Å². The Morgan fingerprint density at radius 2 is 1.83 bits per heavy atom. The van der Waals surface area contributed by atoms with Crippen molar-refractivity contribution in [3.63, 3.8) is 0 Å². The van der Waals surface area contributed by atoms with Crippen LogP contribution in [0.2, 0.25) is 0 Å². The zero-order chi connectivity index (χ0) is 5.21. The lowest BCUT2D eigenvalue weighted by Gasteiger charge is -1.79. The first kappa shape index (κ1) is 6.20. The fraction of sp³-hybridized carbons (Fsp3) is 1.00. The van der Waals surface area contributed by atoms with E-state index in [0.717, 1.165) is 0 Å². The average molecular weight is 130 g/mol. The van der Waals surface area contributed by atoms with Gasteiger partial charge in [0.15, 0.2) is 0 Å². The molecule has 0 aliphatic carbocycles. The molecule has 0 saturated carbocycles. The molecule has 6 heavy (non-hydrogen) atoms. The van der Waals surface area contributed by atoms with Crippen molar-refractivity contribution in [2.45, 2.75) is 0 Å². The van der Waals surface area contributed by atoms with Crippen molar-refractivity contribution in [2.75, 3.05) is 5.21 Å². The lowest BCUT2D eigenvalue weighted by Crippen LogP contribution is -2.12. The van der Waals surface area contributed by atoms with Crippen LogP contribution in [0.5, 0.6) is 0 Å². The summed E-state index contributed by atoms with van der Waals surface area (Å²) in [4.78, 5) is 0. The maximum atomic E-state index is 9.65. The quantitative estimate of drug-likeness (QED) is 0.484. The van der Waals surface area contributed by atoms with Gasteiger partial charge in [0.05, 0.1) is 0 Å². The highest BCUT2D eigenvalue weighted by Crippen LogP contribution is 1.78. The van der Waals surface area contributed by atoms with Gasteiger partial charge in [0, 0.05) is 0 Å². The van der Waals surface area contributed by atoms with E-state index in [9.17, 15) is 8.42 Å². The molecule has 0 aromatic rings. The normalized spacial score (nSPS) is 11.7. The van der Waals surface area contributed by atoms with E-state index in [-0.39, 0.29) is 0 Å². The molecule has 0 aromatic heterocycles. The molecule has 0 heterocycles. The molecule has 2 N–H and O–H groups in total. The monoisotopic (exact) mass is 129 g/mol. The smallest absolute Gasteiger partial charge is 0.223 e. The van der Waals surface area contributed by atoms with Crippen LogP contribution in [0.1, 0.15) is 0 Å². The third kappa shape index (κ3) is 4.20. The van der Waals surface area contributed by atoms with Crippen LogP contribution in [0.4, 0.5) is 0 Å². The molecule has 3 nitrogen and oxygen atoms in total. The van der Waals surface area contributed by atoms with Crippen molar-refractivity contribution in [3.05, 3.63) is 0 Å². The second-order valence-corrected chi connectivity index (χ2v) is 2.97. The van der Waals surface area contributed by atoms with E-state index in [2.05, 4.69) is 5.14 Å². The Labute approximate surface area is 41.1 Å². The van der Waals surface area contributed by atoms with E-state index in [1.54, 1.807) is 0 Å². The van der Waals surface area contributed by atoms with Crippen LogP contribution >= 0.6 is 11.6 Å². The highest BCUT2D eigenvalue weighted by molar-refractivity contribution is 7.90. The van der Waals surface area contributed by atoms with E-state index >= 15 is 0 Å². The Morgan fingerprint density at radius 3 is 1.83 bits per heavy atom. The highest BCUT2D eigenvalue weighted by Gasteiger charge is 1.93. The predicted molar refractivity (Wildman–Crippen MR) is 23.8 cm³/mol. The molecule has 0 rings (SSSR count). The fourth-order valence-electron chi connectivity index (χ4n) is 0. The number of hydrogen-bond acceptors (Lipinski definition) is 2. The molecule has 0 unspecified atom stereocenters. The molecule has 0 saturated heterocycles. The van der Waals surface area contributed by atoms with Crippen LogP contribution in [0.3, 0.4) is 0 Å². The van der Waals surface area contributed by atoms with E-state index in [1.807, 2.05) is 0 Å². The Kier molecular flexibility index (Phi) is 1.83. The summed E-state index contributed by atoms with van der Waals surface area (Å²) in [6.07, 6.45) is 0. The number of nitrogens with two attached hydrogens (primary N) is 1. The minimum atomic E-state index is -3.40. The average Bonchev–Trinajstić information content (AvgIpc) is 1.35. The summed E-state index contributed by atoms with van der Waals surface area (Å²) in [5.41, 5.74) is 0. The van der Waals surface area contributed by atoms with Gasteiger partial charge >= 0.3 is 0 Å². The Balaban J connectivity index is 3.85. The lowest BCUT2D eigenvalue weighted by molar-refractivity contribution is 0.602. The molecule has 38 valence electrons. The summed E-state index contributed by atoms with van der Waals surface area (Å²) in [7, 11) is -3.40. The number of sulfonamides is 1. The van der Waals surface area contributed by atoms with Crippen molar-refractivity contribution >= 4 is 21.6 Å². The van der Waals surface area contributed by atoms with Gasteiger partial charge in [-0.05, 0) is 0 Å². The van der Waals surface area contributed by atoms with Gasteiger partial charge in [0.2, 0.25) is 10.0 Å². The first-order valence-corrected chi connectivity index (χ1v) is 3.37. The third-order valence-corrected chi connectivity index (χ3v) is 1.37. The fourth-order valence-corrected chi connectivity index (χ4v) is 0. The molecule has 0 aliphatic rings. The van der Waals surface area contributed by atoms with Crippen LogP contribution in [-0.4, -0.2) is 13.6 Å². The van der Waals surface area contributed by atoms with Gasteiger partial charge in [-0.3, -0.25) is 0 Å². The van der Waals surface area contributed by atoms with Gasteiger partial charge in [-0.25, -0.2) is 13.6 Å². The van der Waals surface area contributed by atoms with Crippen molar-refractivity contribution in [2.24, 2.45) is 5.14 Å². The first-order chi connectivity index (χ1) is 2.56. The molecule has 0 spiro atoms. The Hall–Kier alpha value is 0.200. The predicted octanol–water partition coefficient (Wildman–Crippen LogP) is -0.529. The number of primary sulfonamides is 1. The van der Waals surface area contributed by atoms with Gasteiger partial charge in [-0.1, -0.05) is 0 Å². The summed E-state index contributed by atoms with van der Waals surface area (Å²) in [5, 5.41) is 3.87. The Bertz CT molecular complexity index is 116. The maximum Gasteiger partial charge on any atom is 0.223 e. The molecular formula is CH4ClNO2S. The molecule has 0 atom stereocenters. The van der Waals surface area contributed by atoms with Crippen LogP contribution in [-0.2, 0) is 10.0 Å². The Morgan fingerprint density at radius 1 is 1.67 bits per heavy atom. The number of hydrogen-bond donors (Lipinski definition) is 1. The molecule has 0 fully saturated rings. The number of halogens is 1. The van der Waals surface area contributed by atoms with E-state index in [1.165, 1.54) is 0 Å². The zero-order valence-corrected chi connectivity index (χ0v) is 4.46. The van der Waals surface area contributed by atoms with Gasteiger partial charge < -0.3 is 0 Å². The van der Waals surface area contributed by atoms with E-state index < -0.39 is 15.2 Å². The number of rotatable bonds is 1. The van der Waals surface area contributed by atoms with Crippen LogP contribution < -0.4 is 5.14 Å². The molecule has 0 amide bonds. The van der Waals surface area contributed by atoms with E-state index in [0.29, 0.717) is 0 Å². The summed E-state index contributed by atoms with van der Waals surface area (Å²) < 4.78 is 19.3. The SMILES string of the molecule is NS(=O)(=O)CCl. The topological polar surface area (TPSA) is 60.2 Å². The van der Waals surface area contributed by atoms with Crippen molar-refractivity contribution in [1.29, 1.82) is 0 Å². The third-order valence-electron chi connectivity index (χ3n) is 0.152. The van der Waals surface area contributed by atoms with Crippen LogP contribution in [0, 0.1) is 0 Å². The molecule has 0 aromatic carbocycles. The second kappa shape index (κ2) is 1.77. The van der Waals surface area contributed by atoms with Gasteiger partial charge in [-0.15, -0.1) is 11.6 Å². The van der Waals surface area contributed by atoms with Gasteiger partial charge in [-0.2, -0.15) is 0 Å². The summed E-state index contributed by atoms with van der Waals surface area (Å²) >= 11 is 4.76. The molecular weight excluding hydrogens is 126 g/mol. The number of alkyl halides is 1. The van der Waals surface area contributed by atoms with Crippen molar-refractivity contribution < 1.29 is 8.42 Å². The van der Waals surface area contributed by atoms with Crippen molar-refractivity contribution in [1.82, 2.24) is 0 Å². The minimum absolute atomic E-state index is 0.507. The summed E-state index contributed by atoms with van der Waals surface area (Å²) in [6, 6.07) is 0. The lowest BCUT2D eigenvalue weighted by atomic mass is 11.9. The maximum absolute atomic E-state index is 9.65. The van der Waals surface area contributed by atoms with Gasteiger partial charge in [0.1, 0.15) is 5.21 Å².